The summed E-state index contributed by atoms with van der Waals surface area (Å²) in [5, 5.41) is 15.3. The molecule has 0 rings (SSSR count). The molecule has 0 bridgehead atoms. The Bertz CT molecular complexity index is 293. The SMILES string of the molecule is CC(CCNCCCC(C)(C)C(N)=NO)S(C)=O. The predicted octanol–water partition coefficient (Wildman–Crippen LogP) is 1.29. The lowest BCUT2D eigenvalue weighted by Gasteiger charge is -2.22. The number of hydrogen-bond acceptors (Lipinski definition) is 4. The van der Waals surface area contributed by atoms with Crippen LogP contribution in [-0.4, -0.2) is 39.8 Å². The maximum atomic E-state index is 11.1. The predicted molar refractivity (Wildman–Crippen MR) is 77.4 cm³/mol. The van der Waals surface area contributed by atoms with E-state index in [2.05, 4.69) is 10.5 Å². The molecule has 0 heterocycles. The van der Waals surface area contributed by atoms with Crippen molar-refractivity contribution < 1.29 is 9.42 Å². The van der Waals surface area contributed by atoms with Crippen LogP contribution < -0.4 is 11.1 Å². The van der Waals surface area contributed by atoms with Gasteiger partial charge in [0.15, 0.2) is 0 Å². The molecule has 0 aromatic rings. The number of hydrogen-bond donors (Lipinski definition) is 3. The van der Waals surface area contributed by atoms with Gasteiger partial charge in [-0.25, -0.2) is 0 Å². The number of oxime groups is 1. The summed E-state index contributed by atoms with van der Waals surface area (Å²) in [6, 6.07) is 0. The first-order valence-electron chi connectivity index (χ1n) is 6.32. The molecule has 0 spiro atoms. The normalized spacial score (nSPS) is 16.6. The summed E-state index contributed by atoms with van der Waals surface area (Å²) in [6.45, 7) is 7.70. The molecule has 108 valence electrons. The number of amidine groups is 1. The van der Waals surface area contributed by atoms with E-state index < -0.39 is 10.8 Å². The molecule has 18 heavy (non-hydrogen) atoms. The average molecular weight is 277 g/mol. The van der Waals surface area contributed by atoms with Crippen molar-refractivity contribution >= 4 is 16.6 Å². The largest absolute Gasteiger partial charge is 0.409 e. The maximum absolute atomic E-state index is 11.1. The first kappa shape index (κ1) is 17.4. The van der Waals surface area contributed by atoms with E-state index >= 15 is 0 Å². The number of nitrogens with one attached hydrogen (secondary N) is 1. The second-order valence-electron chi connectivity index (χ2n) is 5.32. The Morgan fingerprint density at radius 3 is 2.61 bits per heavy atom. The third-order valence-corrected chi connectivity index (χ3v) is 4.62. The van der Waals surface area contributed by atoms with Gasteiger partial charge in [0, 0.05) is 27.7 Å². The molecule has 0 aliphatic rings. The fourth-order valence-electron chi connectivity index (χ4n) is 1.52. The van der Waals surface area contributed by atoms with E-state index in [0.29, 0.717) is 0 Å². The van der Waals surface area contributed by atoms with Gasteiger partial charge in [-0.1, -0.05) is 25.9 Å². The summed E-state index contributed by atoms with van der Waals surface area (Å²) in [7, 11) is -0.739. The van der Waals surface area contributed by atoms with Gasteiger partial charge in [0.25, 0.3) is 0 Å². The molecule has 0 aromatic heterocycles. The number of rotatable bonds is 9. The van der Waals surface area contributed by atoms with Crippen molar-refractivity contribution in [2.75, 3.05) is 19.3 Å². The van der Waals surface area contributed by atoms with Crippen LogP contribution in [0, 0.1) is 5.41 Å². The quantitative estimate of drug-likeness (QED) is 0.195. The molecule has 0 aliphatic carbocycles. The lowest BCUT2D eigenvalue weighted by molar-refractivity contribution is 0.304. The van der Waals surface area contributed by atoms with Crippen LogP contribution in [0.15, 0.2) is 5.16 Å². The fraction of sp³-hybridized carbons (Fsp3) is 0.917. The summed E-state index contributed by atoms with van der Waals surface area (Å²) in [5.74, 6) is 0.275. The Labute approximate surface area is 113 Å². The zero-order valence-corrected chi connectivity index (χ0v) is 12.7. The molecule has 2 unspecified atom stereocenters. The minimum Gasteiger partial charge on any atom is -0.409 e. The van der Waals surface area contributed by atoms with Gasteiger partial charge in [-0.3, -0.25) is 4.21 Å². The van der Waals surface area contributed by atoms with Crippen LogP contribution in [0.3, 0.4) is 0 Å². The van der Waals surface area contributed by atoms with Gasteiger partial charge in [-0.05, 0) is 32.4 Å². The van der Waals surface area contributed by atoms with Crippen molar-refractivity contribution in [2.45, 2.75) is 45.3 Å². The molecule has 0 radical (unpaired) electrons. The van der Waals surface area contributed by atoms with Crippen LogP contribution in [0.25, 0.3) is 0 Å². The molecular formula is C12H27N3O2S. The molecule has 4 N–H and O–H groups in total. The van der Waals surface area contributed by atoms with Crippen molar-refractivity contribution in [3.05, 3.63) is 0 Å². The Hall–Kier alpha value is -0.620. The minimum atomic E-state index is -0.739. The van der Waals surface area contributed by atoms with Crippen LogP contribution in [0.5, 0.6) is 0 Å². The third-order valence-electron chi connectivity index (χ3n) is 3.25. The van der Waals surface area contributed by atoms with Gasteiger partial charge in [0.1, 0.15) is 5.84 Å². The highest BCUT2D eigenvalue weighted by Crippen LogP contribution is 2.21. The van der Waals surface area contributed by atoms with Gasteiger partial charge in [0.05, 0.1) is 0 Å². The van der Waals surface area contributed by atoms with Crippen LogP contribution in [0.1, 0.15) is 40.0 Å². The molecule has 2 atom stereocenters. The van der Waals surface area contributed by atoms with Gasteiger partial charge in [-0.15, -0.1) is 0 Å². The summed E-state index contributed by atoms with van der Waals surface area (Å²) in [5.41, 5.74) is 5.34. The van der Waals surface area contributed by atoms with Crippen LogP contribution in [0.2, 0.25) is 0 Å². The monoisotopic (exact) mass is 277 g/mol. The summed E-state index contributed by atoms with van der Waals surface area (Å²) >= 11 is 0. The van der Waals surface area contributed by atoms with Crippen LogP contribution in [0.4, 0.5) is 0 Å². The van der Waals surface area contributed by atoms with Crippen molar-refractivity contribution in [3.63, 3.8) is 0 Å². The molecule has 0 aromatic carbocycles. The van der Waals surface area contributed by atoms with E-state index in [1.807, 2.05) is 20.8 Å². The summed E-state index contributed by atoms with van der Waals surface area (Å²) < 4.78 is 11.1. The van der Waals surface area contributed by atoms with E-state index in [4.69, 9.17) is 10.9 Å². The summed E-state index contributed by atoms with van der Waals surface area (Å²) in [4.78, 5) is 0. The van der Waals surface area contributed by atoms with Crippen molar-refractivity contribution in [1.29, 1.82) is 0 Å². The van der Waals surface area contributed by atoms with Crippen molar-refractivity contribution in [3.8, 4) is 0 Å². The van der Waals surface area contributed by atoms with Gasteiger partial charge < -0.3 is 16.3 Å². The van der Waals surface area contributed by atoms with E-state index in [0.717, 1.165) is 32.4 Å². The molecule has 0 fully saturated rings. The lowest BCUT2D eigenvalue weighted by Crippen LogP contribution is -2.33. The molecule has 6 heteroatoms. The first-order chi connectivity index (χ1) is 8.31. The maximum Gasteiger partial charge on any atom is 0.144 e. The van der Waals surface area contributed by atoms with Crippen molar-refractivity contribution in [2.24, 2.45) is 16.3 Å². The highest BCUT2D eigenvalue weighted by molar-refractivity contribution is 7.84. The van der Waals surface area contributed by atoms with E-state index in [1.54, 1.807) is 6.26 Å². The zero-order chi connectivity index (χ0) is 14.2. The molecular weight excluding hydrogens is 250 g/mol. The van der Waals surface area contributed by atoms with Gasteiger partial charge >= 0.3 is 0 Å². The number of nitrogens with two attached hydrogens (primary N) is 1. The standard InChI is InChI=1S/C12H27N3O2S/c1-10(18(4)17)6-9-14-8-5-7-12(2,3)11(13)15-16/h10,14,16H,5-9H2,1-4H3,(H2,13,15). The smallest absolute Gasteiger partial charge is 0.144 e. The Morgan fingerprint density at radius 1 is 1.50 bits per heavy atom. The fourth-order valence-corrected chi connectivity index (χ4v) is 1.96. The summed E-state index contributed by atoms with van der Waals surface area (Å²) in [6.07, 6.45) is 4.49. The Balaban J connectivity index is 3.66. The van der Waals surface area contributed by atoms with E-state index in [-0.39, 0.29) is 16.5 Å². The topological polar surface area (TPSA) is 87.7 Å². The van der Waals surface area contributed by atoms with Crippen LogP contribution in [-0.2, 0) is 10.8 Å². The molecule has 0 aliphatic heterocycles. The third kappa shape index (κ3) is 6.96. The van der Waals surface area contributed by atoms with E-state index in [9.17, 15) is 4.21 Å². The van der Waals surface area contributed by atoms with Crippen LogP contribution >= 0.6 is 0 Å². The lowest BCUT2D eigenvalue weighted by atomic mass is 9.86. The van der Waals surface area contributed by atoms with Gasteiger partial charge in [-0.2, -0.15) is 0 Å². The number of nitrogens with zero attached hydrogens (tertiary/aromatic N) is 1. The zero-order valence-electron chi connectivity index (χ0n) is 11.9. The molecule has 5 nitrogen and oxygen atoms in total. The minimum absolute atomic E-state index is 0.242. The highest BCUT2D eigenvalue weighted by Gasteiger charge is 2.22. The second kappa shape index (κ2) is 8.48. The Morgan fingerprint density at radius 2 is 2.11 bits per heavy atom. The highest BCUT2D eigenvalue weighted by atomic mass is 32.2. The Kier molecular flexibility index (Phi) is 8.18. The van der Waals surface area contributed by atoms with Gasteiger partial charge in [0.2, 0.25) is 0 Å². The first-order valence-corrected chi connectivity index (χ1v) is 7.94. The van der Waals surface area contributed by atoms with E-state index in [1.165, 1.54) is 0 Å². The van der Waals surface area contributed by atoms with Crippen molar-refractivity contribution in [1.82, 2.24) is 5.32 Å². The average Bonchev–Trinajstić information content (AvgIpc) is 2.31. The molecule has 0 saturated heterocycles. The molecule has 0 amide bonds. The molecule has 0 saturated carbocycles. The second-order valence-corrected chi connectivity index (χ2v) is 7.12.